The number of ether oxygens (including phenoxy) is 1. The highest BCUT2D eigenvalue weighted by Crippen LogP contribution is 2.15. The Hall–Kier alpha value is -1.03. The summed E-state index contributed by atoms with van der Waals surface area (Å²) in [5.41, 5.74) is 0. The molecular weight excluding hydrogens is 190 g/mol. The molecule has 0 amide bonds. The molecule has 2 heterocycles. The van der Waals surface area contributed by atoms with Crippen LogP contribution in [0.2, 0.25) is 0 Å². The molecule has 0 saturated carbocycles. The predicted octanol–water partition coefficient (Wildman–Crippen LogP) is 1.79. The summed E-state index contributed by atoms with van der Waals surface area (Å²) in [4.78, 5) is 4.21. The van der Waals surface area contributed by atoms with Crippen LogP contribution < -0.4 is 5.32 Å². The van der Waals surface area contributed by atoms with Gasteiger partial charge in [0.15, 0.2) is 0 Å². The number of hydrogen-bond donors (Lipinski definition) is 1. The van der Waals surface area contributed by atoms with Gasteiger partial charge in [0.05, 0.1) is 6.10 Å². The summed E-state index contributed by atoms with van der Waals surface area (Å²) in [6.07, 6.45) is 9.02. The Morgan fingerprint density at radius 2 is 2.53 bits per heavy atom. The van der Waals surface area contributed by atoms with Crippen LogP contribution in [0, 0.1) is 0 Å². The molecule has 1 aliphatic rings. The zero-order chi connectivity index (χ0) is 10.5. The van der Waals surface area contributed by atoms with Crippen molar-refractivity contribution in [2.75, 3.05) is 18.5 Å². The summed E-state index contributed by atoms with van der Waals surface area (Å²) in [5.74, 6) is 0.936. The molecule has 1 saturated heterocycles. The number of rotatable bonds is 4. The Labute approximate surface area is 90.6 Å². The highest BCUT2D eigenvalue weighted by atomic mass is 16.5. The van der Waals surface area contributed by atoms with Gasteiger partial charge in [-0.15, -0.1) is 0 Å². The molecule has 1 aromatic rings. The second-order valence-electron chi connectivity index (χ2n) is 4.07. The summed E-state index contributed by atoms with van der Waals surface area (Å²) in [7, 11) is 1.99. The first-order chi connectivity index (χ1) is 7.36. The molecule has 1 unspecified atom stereocenters. The van der Waals surface area contributed by atoms with Crippen LogP contribution in [0.5, 0.6) is 0 Å². The molecule has 1 fully saturated rings. The van der Waals surface area contributed by atoms with Crippen LogP contribution in [0.15, 0.2) is 12.4 Å². The van der Waals surface area contributed by atoms with E-state index in [9.17, 15) is 0 Å². The van der Waals surface area contributed by atoms with Gasteiger partial charge in [0.1, 0.15) is 0 Å². The summed E-state index contributed by atoms with van der Waals surface area (Å²) >= 11 is 0. The third kappa shape index (κ3) is 2.96. The summed E-state index contributed by atoms with van der Waals surface area (Å²) < 4.78 is 7.65. The number of hydrogen-bond acceptors (Lipinski definition) is 3. The fraction of sp³-hybridized carbons (Fsp3) is 0.727. The molecule has 2 rings (SSSR count). The minimum atomic E-state index is 0.450. The quantitative estimate of drug-likeness (QED) is 0.821. The first-order valence-electron chi connectivity index (χ1n) is 5.69. The van der Waals surface area contributed by atoms with Crippen LogP contribution in [0.3, 0.4) is 0 Å². The Morgan fingerprint density at radius 1 is 1.60 bits per heavy atom. The number of aryl methyl sites for hydroxylation is 1. The lowest BCUT2D eigenvalue weighted by Crippen LogP contribution is -2.22. The topological polar surface area (TPSA) is 39.1 Å². The van der Waals surface area contributed by atoms with Crippen molar-refractivity contribution in [1.82, 2.24) is 9.55 Å². The van der Waals surface area contributed by atoms with E-state index in [1.54, 1.807) is 6.20 Å². The van der Waals surface area contributed by atoms with Gasteiger partial charge in [0, 0.05) is 32.6 Å². The monoisotopic (exact) mass is 209 g/mol. The molecule has 15 heavy (non-hydrogen) atoms. The fourth-order valence-electron chi connectivity index (χ4n) is 1.92. The molecule has 84 valence electrons. The van der Waals surface area contributed by atoms with Gasteiger partial charge in [-0.1, -0.05) is 0 Å². The zero-order valence-corrected chi connectivity index (χ0v) is 9.28. The summed E-state index contributed by atoms with van der Waals surface area (Å²) in [6.45, 7) is 1.88. The molecule has 0 radical (unpaired) electrons. The van der Waals surface area contributed by atoms with Gasteiger partial charge in [0.25, 0.3) is 0 Å². The van der Waals surface area contributed by atoms with E-state index in [1.807, 2.05) is 17.8 Å². The molecule has 0 spiro atoms. The molecule has 1 atom stereocenters. The van der Waals surface area contributed by atoms with E-state index in [0.717, 1.165) is 25.5 Å². The second-order valence-corrected chi connectivity index (χ2v) is 4.07. The van der Waals surface area contributed by atoms with E-state index in [4.69, 9.17) is 4.74 Å². The highest BCUT2D eigenvalue weighted by molar-refractivity contribution is 5.24. The third-order valence-corrected chi connectivity index (χ3v) is 2.84. The van der Waals surface area contributed by atoms with Crippen molar-refractivity contribution in [1.29, 1.82) is 0 Å². The van der Waals surface area contributed by atoms with Crippen molar-refractivity contribution in [3.05, 3.63) is 12.4 Å². The van der Waals surface area contributed by atoms with Gasteiger partial charge in [-0.05, 0) is 25.7 Å². The maximum absolute atomic E-state index is 5.66. The lowest BCUT2D eigenvalue weighted by atomic mass is 10.1. The molecule has 1 N–H and O–H groups in total. The Kier molecular flexibility index (Phi) is 3.61. The Morgan fingerprint density at radius 3 is 3.20 bits per heavy atom. The van der Waals surface area contributed by atoms with Crippen molar-refractivity contribution in [2.24, 2.45) is 7.05 Å². The largest absolute Gasteiger partial charge is 0.378 e. The third-order valence-electron chi connectivity index (χ3n) is 2.84. The zero-order valence-electron chi connectivity index (χ0n) is 9.28. The fourth-order valence-corrected chi connectivity index (χ4v) is 1.92. The van der Waals surface area contributed by atoms with Crippen molar-refractivity contribution < 1.29 is 4.74 Å². The van der Waals surface area contributed by atoms with Gasteiger partial charge in [-0.3, -0.25) is 0 Å². The lowest BCUT2D eigenvalue weighted by molar-refractivity contribution is 0.0134. The van der Waals surface area contributed by atoms with Crippen LogP contribution in [-0.4, -0.2) is 28.8 Å². The molecule has 0 aliphatic carbocycles. The van der Waals surface area contributed by atoms with E-state index in [1.165, 1.54) is 19.3 Å². The average molecular weight is 209 g/mol. The van der Waals surface area contributed by atoms with Crippen molar-refractivity contribution in [3.8, 4) is 0 Å². The van der Waals surface area contributed by atoms with E-state index in [2.05, 4.69) is 10.3 Å². The molecule has 0 aromatic carbocycles. The van der Waals surface area contributed by atoms with Crippen molar-refractivity contribution in [3.63, 3.8) is 0 Å². The smallest absolute Gasteiger partial charge is 0.202 e. The van der Waals surface area contributed by atoms with Gasteiger partial charge >= 0.3 is 0 Å². The molecule has 4 nitrogen and oxygen atoms in total. The number of aromatic nitrogens is 2. The van der Waals surface area contributed by atoms with E-state index < -0.39 is 0 Å². The minimum Gasteiger partial charge on any atom is -0.378 e. The van der Waals surface area contributed by atoms with E-state index in [0.29, 0.717) is 6.10 Å². The Bertz CT molecular complexity index is 292. The summed E-state index contributed by atoms with van der Waals surface area (Å²) in [6, 6.07) is 0. The molecular formula is C11H19N3O. The highest BCUT2D eigenvalue weighted by Gasteiger charge is 2.13. The molecule has 1 aliphatic heterocycles. The standard InChI is InChI=1S/C11H19N3O/c1-14-8-7-13-11(14)12-6-5-10-4-2-3-9-15-10/h7-8,10H,2-6,9H2,1H3,(H,12,13). The average Bonchev–Trinajstić information content (AvgIpc) is 2.66. The van der Waals surface area contributed by atoms with Crippen LogP contribution in [0.1, 0.15) is 25.7 Å². The summed E-state index contributed by atoms with van der Waals surface area (Å²) in [5, 5.41) is 3.31. The van der Waals surface area contributed by atoms with Gasteiger partial charge < -0.3 is 14.6 Å². The second kappa shape index (κ2) is 5.16. The number of nitrogens with one attached hydrogen (secondary N) is 1. The van der Waals surface area contributed by atoms with Gasteiger partial charge in [0.2, 0.25) is 5.95 Å². The van der Waals surface area contributed by atoms with Crippen LogP contribution >= 0.6 is 0 Å². The van der Waals surface area contributed by atoms with Crippen LogP contribution in [0.4, 0.5) is 5.95 Å². The van der Waals surface area contributed by atoms with Crippen molar-refractivity contribution >= 4 is 5.95 Å². The van der Waals surface area contributed by atoms with Gasteiger partial charge in [-0.25, -0.2) is 4.98 Å². The number of imidazole rings is 1. The van der Waals surface area contributed by atoms with Gasteiger partial charge in [-0.2, -0.15) is 0 Å². The normalized spacial score (nSPS) is 21.5. The van der Waals surface area contributed by atoms with E-state index in [-0.39, 0.29) is 0 Å². The first kappa shape index (κ1) is 10.5. The lowest BCUT2D eigenvalue weighted by Gasteiger charge is -2.22. The van der Waals surface area contributed by atoms with Crippen LogP contribution in [-0.2, 0) is 11.8 Å². The molecule has 0 bridgehead atoms. The number of nitrogens with zero attached hydrogens (tertiary/aromatic N) is 2. The molecule has 4 heteroatoms. The predicted molar refractivity (Wildman–Crippen MR) is 59.9 cm³/mol. The SMILES string of the molecule is Cn1ccnc1NCCC1CCCCO1. The van der Waals surface area contributed by atoms with Crippen molar-refractivity contribution in [2.45, 2.75) is 31.8 Å². The van der Waals surface area contributed by atoms with E-state index >= 15 is 0 Å². The Balaban J connectivity index is 1.68. The minimum absolute atomic E-state index is 0.450. The first-order valence-corrected chi connectivity index (χ1v) is 5.69. The number of anilines is 1. The maximum Gasteiger partial charge on any atom is 0.202 e. The van der Waals surface area contributed by atoms with Crippen LogP contribution in [0.25, 0.3) is 0 Å². The molecule has 1 aromatic heterocycles. The maximum atomic E-state index is 5.66.